The van der Waals surface area contributed by atoms with Crippen molar-refractivity contribution < 1.29 is 18.8 Å². The number of carbonyl (C=O) groups excluding carboxylic acids is 1. The minimum Gasteiger partial charge on any atom is -0.477 e. The third kappa shape index (κ3) is 2.80. The van der Waals surface area contributed by atoms with Crippen LogP contribution in [0.1, 0.15) is 21.6 Å². The number of likely N-dealkylation sites (tertiary alicyclic amines) is 1. The van der Waals surface area contributed by atoms with E-state index < -0.39 is 0 Å². The lowest BCUT2D eigenvalue weighted by molar-refractivity contribution is 0.0654. The molecule has 0 N–H and O–H groups in total. The number of pyridine rings is 1. The fourth-order valence-corrected chi connectivity index (χ4v) is 3.61. The molecule has 4 rings (SSSR count). The second kappa shape index (κ2) is 6.42. The summed E-state index contributed by atoms with van der Waals surface area (Å²) in [5.41, 5.74) is 1.32. The highest BCUT2D eigenvalue weighted by Gasteiger charge is 2.52. The molecule has 1 amide bonds. The van der Waals surface area contributed by atoms with Gasteiger partial charge < -0.3 is 18.9 Å². The zero-order valence-corrected chi connectivity index (χ0v) is 14.3. The van der Waals surface area contributed by atoms with Gasteiger partial charge in [-0.15, -0.1) is 0 Å². The molecule has 8 heteroatoms. The molecule has 0 unspecified atom stereocenters. The molecule has 2 fully saturated rings. The molecule has 2 aromatic rings. The van der Waals surface area contributed by atoms with Crippen molar-refractivity contribution >= 4 is 5.91 Å². The van der Waals surface area contributed by atoms with Crippen molar-refractivity contribution in [2.24, 2.45) is 11.3 Å². The van der Waals surface area contributed by atoms with Crippen molar-refractivity contribution in [2.75, 3.05) is 32.9 Å². The van der Waals surface area contributed by atoms with Gasteiger partial charge in [0.25, 0.3) is 5.91 Å². The zero-order chi connectivity index (χ0) is 18.1. The van der Waals surface area contributed by atoms with Gasteiger partial charge in [-0.1, -0.05) is 5.16 Å². The molecule has 0 aliphatic carbocycles. The first kappa shape index (κ1) is 16.5. The van der Waals surface area contributed by atoms with Gasteiger partial charge in [-0.25, -0.2) is 4.98 Å². The fraction of sp³-hybridized carbons (Fsp3) is 0.444. The van der Waals surface area contributed by atoms with E-state index in [9.17, 15) is 4.79 Å². The molecule has 8 nitrogen and oxygen atoms in total. The molecule has 0 spiro atoms. The number of aryl methyl sites for hydroxylation is 1. The molecule has 26 heavy (non-hydrogen) atoms. The normalized spacial score (nSPS) is 24.3. The number of aromatic nitrogens is 2. The first-order valence-corrected chi connectivity index (χ1v) is 8.38. The summed E-state index contributed by atoms with van der Waals surface area (Å²) in [5.74, 6) is 0.600. The first-order chi connectivity index (χ1) is 12.6. The maximum atomic E-state index is 12.7. The lowest BCUT2D eigenvalue weighted by atomic mass is 9.82. The van der Waals surface area contributed by atoms with Crippen LogP contribution >= 0.6 is 0 Å². The van der Waals surface area contributed by atoms with Crippen LogP contribution in [0.3, 0.4) is 0 Å². The fourth-order valence-electron chi connectivity index (χ4n) is 3.61. The number of fused-ring (bicyclic) bond motifs is 1. The van der Waals surface area contributed by atoms with E-state index in [-0.39, 0.29) is 17.2 Å². The van der Waals surface area contributed by atoms with E-state index in [1.165, 1.54) is 12.5 Å². The predicted octanol–water partition coefficient (Wildman–Crippen LogP) is 1.42. The van der Waals surface area contributed by atoms with E-state index in [4.69, 9.17) is 19.3 Å². The Labute approximate surface area is 150 Å². The van der Waals surface area contributed by atoms with Gasteiger partial charge in [-0.2, -0.15) is 5.26 Å². The van der Waals surface area contributed by atoms with Crippen LogP contribution in [0.25, 0.3) is 0 Å². The van der Waals surface area contributed by atoms with E-state index in [1.54, 1.807) is 19.1 Å². The average molecular weight is 354 g/mol. The molecule has 2 atom stereocenters. The van der Waals surface area contributed by atoms with Gasteiger partial charge in [0, 0.05) is 31.3 Å². The predicted molar refractivity (Wildman–Crippen MR) is 88.3 cm³/mol. The number of hydrogen-bond acceptors (Lipinski definition) is 7. The van der Waals surface area contributed by atoms with E-state index >= 15 is 0 Å². The summed E-state index contributed by atoms with van der Waals surface area (Å²) in [6, 6.07) is 5.38. The minimum atomic E-state index is -0.254. The van der Waals surface area contributed by atoms with Gasteiger partial charge in [-0.05, 0) is 13.0 Å². The summed E-state index contributed by atoms with van der Waals surface area (Å²) in [5, 5.41) is 12.6. The quantitative estimate of drug-likeness (QED) is 0.818. The maximum absolute atomic E-state index is 12.7. The summed E-state index contributed by atoms with van der Waals surface area (Å²) in [6.07, 6.45) is 2.88. The molecule has 2 saturated heterocycles. The monoisotopic (exact) mass is 354 g/mol. The molecule has 0 saturated carbocycles. The van der Waals surface area contributed by atoms with Crippen LogP contribution < -0.4 is 4.74 Å². The highest BCUT2D eigenvalue weighted by Crippen LogP contribution is 2.42. The summed E-state index contributed by atoms with van der Waals surface area (Å²) in [7, 11) is 0. The van der Waals surface area contributed by atoms with Crippen LogP contribution in [-0.4, -0.2) is 53.9 Å². The number of nitriles is 1. The Hall–Kier alpha value is -2.92. The molecule has 0 aromatic carbocycles. The summed E-state index contributed by atoms with van der Waals surface area (Å²) in [4.78, 5) is 18.7. The maximum Gasteiger partial charge on any atom is 0.259 e. The summed E-state index contributed by atoms with van der Waals surface area (Å²) < 4.78 is 16.4. The van der Waals surface area contributed by atoms with E-state index in [2.05, 4.69) is 10.1 Å². The Balaban J connectivity index is 1.47. The molecule has 4 heterocycles. The second-order valence-electron chi connectivity index (χ2n) is 6.86. The summed E-state index contributed by atoms with van der Waals surface area (Å²) >= 11 is 0. The van der Waals surface area contributed by atoms with Crippen LogP contribution in [0, 0.1) is 29.6 Å². The van der Waals surface area contributed by atoms with Gasteiger partial charge >= 0.3 is 0 Å². The van der Waals surface area contributed by atoms with Crippen LogP contribution in [0.2, 0.25) is 0 Å². The molecule has 0 radical (unpaired) electrons. The van der Waals surface area contributed by atoms with Crippen molar-refractivity contribution in [3.05, 3.63) is 41.4 Å². The third-order valence-corrected chi connectivity index (χ3v) is 5.16. The average Bonchev–Trinajstić information content (AvgIpc) is 3.33. The lowest BCUT2D eigenvalue weighted by Crippen LogP contribution is -2.38. The SMILES string of the molecule is Cc1nocc1C(=O)N1C[C@@H]2COC[C@]2(COc2ccc(C#N)cn2)C1. The number of nitrogens with zero attached hydrogens (tertiary/aromatic N) is 4. The smallest absolute Gasteiger partial charge is 0.259 e. The van der Waals surface area contributed by atoms with E-state index in [0.29, 0.717) is 55.6 Å². The van der Waals surface area contributed by atoms with Gasteiger partial charge in [-0.3, -0.25) is 4.79 Å². The highest BCUT2D eigenvalue weighted by molar-refractivity contribution is 5.95. The molecule has 0 bridgehead atoms. The van der Waals surface area contributed by atoms with Crippen molar-refractivity contribution in [2.45, 2.75) is 6.92 Å². The molecule has 2 aliphatic heterocycles. The van der Waals surface area contributed by atoms with Crippen molar-refractivity contribution in [1.29, 1.82) is 5.26 Å². The number of carbonyl (C=O) groups is 1. The first-order valence-electron chi connectivity index (χ1n) is 8.38. The van der Waals surface area contributed by atoms with Crippen LogP contribution in [0.4, 0.5) is 0 Å². The molecule has 134 valence electrons. The zero-order valence-electron chi connectivity index (χ0n) is 14.3. The molecular formula is C18H18N4O4. The van der Waals surface area contributed by atoms with Gasteiger partial charge in [0.15, 0.2) is 0 Å². The number of hydrogen-bond donors (Lipinski definition) is 0. The Morgan fingerprint density at radius 2 is 2.42 bits per heavy atom. The highest BCUT2D eigenvalue weighted by atomic mass is 16.5. The van der Waals surface area contributed by atoms with E-state index in [0.717, 1.165) is 0 Å². The molecule has 2 aliphatic rings. The topological polar surface area (TPSA) is 101 Å². The Kier molecular flexibility index (Phi) is 4.09. The largest absolute Gasteiger partial charge is 0.477 e. The van der Waals surface area contributed by atoms with Crippen molar-refractivity contribution in [1.82, 2.24) is 15.0 Å². The van der Waals surface area contributed by atoms with E-state index in [1.807, 2.05) is 11.0 Å². The number of amides is 1. The Morgan fingerprint density at radius 1 is 1.54 bits per heavy atom. The second-order valence-corrected chi connectivity index (χ2v) is 6.86. The molecular weight excluding hydrogens is 336 g/mol. The van der Waals surface area contributed by atoms with Crippen LogP contribution in [-0.2, 0) is 4.74 Å². The van der Waals surface area contributed by atoms with Gasteiger partial charge in [0.1, 0.15) is 17.9 Å². The number of rotatable bonds is 4. The standard InChI is InChI=1S/C18H18N4O4/c1-12-15(8-26-21-12)17(23)22-6-14-7-24-10-18(14,9-22)11-25-16-3-2-13(4-19)5-20-16/h2-3,5,8,14H,6-7,9-11H2,1H3/t14-,18+/m1/s1. The lowest BCUT2D eigenvalue weighted by Gasteiger charge is -2.26. The minimum absolute atomic E-state index is 0.0750. The van der Waals surface area contributed by atoms with Crippen LogP contribution in [0.15, 0.2) is 29.1 Å². The third-order valence-electron chi connectivity index (χ3n) is 5.16. The number of ether oxygens (including phenoxy) is 2. The Morgan fingerprint density at radius 3 is 3.12 bits per heavy atom. The van der Waals surface area contributed by atoms with Crippen molar-refractivity contribution in [3.63, 3.8) is 0 Å². The van der Waals surface area contributed by atoms with Crippen LogP contribution in [0.5, 0.6) is 5.88 Å². The molecule has 2 aromatic heterocycles. The van der Waals surface area contributed by atoms with Gasteiger partial charge in [0.2, 0.25) is 5.88 Å². The van der Waals surface area contributed by atoms with Crippen molar-refractivity contribution in [3.8, 4) is 11.9 Å². The summed E-state index contributed by atoms with van der Waals surface area (Å²) in [6.45, 7) is 4.48. The van der Waals surface area contributed by atoms with Gasteiger partial charge in [0.05, 0.1) is 36.5 Å². The Bertz CT molecular complexity index is 857.